The second kappa shape index (κ2) is 11.6. The fourth-order valence-corrected chi connectivity index (χ4v) is 6.02. The normalized spacial score (nSPS) is 15.8. The molecule has 2 fully saturated rings. The van der Waals surface area contributed by atoms with Crippen molar-refractivity contribution < 1.29 is 34.0 Å². The molecule has 8 heteroatoms. The van der Waals surface area contributed by atoms with Crippen LogP contribution in [0, 0.1) is 0 Å². The van der Waals surface area contributed by atoms with Crippen molar-refractivity contribution in [1.29, 1.82) is 0 Å². The summed E-state index contributed by atoms with van der Waals surface area (Å²) in [5, 5.41) is 20.3. The number of hydrogen-bond acceptors (Lipinski definition) is 5. The highest BCUT2D eigenvalue weighted by molar-refractivity contribution is 6.07. The van der Waals surface area contributed by atoms with Gasteiger partial charge < -0.3 is 29.0 Å². The van der Waals surface area contributed by atoms with Crippen LogP contribution in [0.3, 0.4) is 0 Å². The predicted octanol–water partition coefficient (Wildman–Crippen LogP) is 7.39. The summed E-state index contributed by atoms with van der Waals surface area (Å²) in [5.74, 6) is 0.256. The Hall–Kier alpha value is -4.46. The highest BCUT2D eigenvalue weighted by Crippen LogP contribution is 2.35. The number of aliphatic carboxylic acids is 1. The zero-order chi connectivity index (χ0) is 28.3. The van der Waals surface area contributed by atoms with Gasteiger partial charge in [0, 0.05) is 16.8 Å². The van der Waals surface area contributed by atoms with E-state index in [1.54, 1.807) is 22.8 Å². The van der Waals surface area contributed by atoms with E-state index in [4.69, 9.17) is 14.2 Å². The Morgan fingerprint density at radius 1 is 0.707 bits per heavy atom. The summed E-state index contributed by atoms with van der Waals surface area (Å²) in [4.78, 5) is 24.3. The largest absolute Gasteiger partial charge is 0.490 e. The van der Waals surface area contributed by atoms with Crippen LogP contribution < -0.4 is 14.2 Å². The number of carboxylic acid groups (broad SMARTS) is 2. The molecule has 1 heterocycles. The number of fused-ring (bicyclic) bond motifs is 1. The lowest BCUT2D eigenvalue weighted by molar-refractivity contribution is -0.136. The zero-order valence-corrected chi connectivity index (χ0v) is 22.8. The molecule has 0 atom stereocenters. The molecule has 2 aliphatic carbocycles. The molecule has 0 saturated heterocycles. The van der Waals surface area contributed by atoms with Gasteiger partial charge in [0.2, 0.25) is 0 Å². The lowest BCUT2D eigenvalue weighted by Gasteiger charge is -2.15. The Morgan fingerprint density at radius 2 is 1.22 bits per heavy atom. The maximum absolute atomic E-state index is 12.5. The number of carboxylic acids is 2. The fraction of sp³-hybridized carbons (Fsp3) is 0.333. The fourth-order valence-electron chi connectivity index (χ4n) is 6.02. The Labute approximate surface area is 238 Å². The third kappa shape index (κ3) is 5.87. The molecule has 2 saturated carbocycles. The minimum Gasteiger partial charge on any atom is -0.490 e. The van der Waals surface area contributed by atoms with Crippen molar-refractivity contribution in [2.75, 3.05) is 0 Å². The van der Waals surface area contributed by atoms with Crippen LogP contribution in [0.15, 0.2) is 66.7 Å². The van der Waals surface area contributed by atoms with E-state index >= 15 is 0 Å². The molecule has 0 amide bonds. The Morgan fingerprint density at radius 3 is 1.76 bits per heavy atom. The highest BCUT2D eigenvalue weighted by atomic mass is 16.5. The molecule has 3 aromatic carbocycles. The average molecular weight is 556 g/mol. The van der Waals surface area contributed by atoms with Gasteiger partial charge in [-0.15, -0.1) is 0 Å². The van der Waals surface area contributed by atoms with Crippen molar-refractivity contribution in [3.8, 4) is 28.7 Å². The molecule has 6 rings (SSSR count). The number of nitrogens with zero attached hydrogens (tertiary/aromatic N) is 1. The topological polar surface area (TPSA) is 107 Å². The van der Waals surface area contributed by atoms with E-state index in [9.17, 15) is 19.8 Å². The maximum atomic E-state index is 12.5. The number of aromatic nitrogens is 1. The summed E-state index contributed by atoms with van der Waals surface area (Å²) < 4.78 is 19.9. The average Bonchev–Trinajstić information content (AvgIpc) is 3.71. The van der Waals surface area contributed by atoms with Crippen LogP contribution in [0.1, 0.15) is 67.4 Å². The van der Waals surface area contributed by atoms with Crippen molar-refractivity contribution in [2.24, 2.45) is 0 Å². The van der Waals surface area contributed by atoms with Gasteiger partial charge in [-0.25, -0.2) is 4.79 Å². The summed E-state index contributed by atoms with van der Waals surface area (Å²) in [6, 6.07) is 19.9. The van der Waals surface area contributed by atoms with Crippen LogP contribution in [0.4, 0.5) is 0 Å². The monoisotopic (exact) mass is 555 g/mol. The standard InChI is InChI=1S/C33H33NO7/c35-31(36)20-30-32(33(37)38)28-19-27(41-26-15-13-25(14-16-26)40-23-7-3-4-8-23)17-18-29(28)34(30)21-9-11-24(12-10-21)39-22-5-1-2-6-22/h9-19,22-23H,1-8,20H2,(H,35,36)(H,37,38). The first kappa shape index (κ1) is 26.7. The van der Waals surface area contributed by atoms with Crippen LogP contribution in [-0.4, -0.2) is 38.9 Å². The van der Waals surface area contributed by atoms with Gasteiger partial charge in [0.1, 0.15) is 23.0 Å². The zero-order valence-electron chi connectivity index (χ0n) is 22.8. The van der Waals surface area contributed by atoms with Gasteiger partial charge in [-0.3, -0.25) is 4.79 Å². The molecule has 0 aliphatic heterocycles. The molecule has 2 N–H and O–H groups in total. The first-order valence-electron chi connectivity index (χ1n) is 14.3. The molecule has 1 aromatic heterocycles. The summed E-state index contributed by atoms with van der Waals surface area (Å²) in [6.45, 7) is 0. The van der Waals surface area contributed by atoms with Gasteiger partial charge in [-0.2, -0.15) is 0 Å². The van der Waals surface area contributed by atoms with E-state index in [0.29, 0.717) is 28.1 Å². The van der Waals surface area contributed by atoms with Gasteiger partial charge in [0.25, 0.3) is 0 Å². The van der Waals surface area contributed by atoms with Gasteiger partial charge in [-0.1, -0.05) is 0 Å². The second-order valence-corrected chi connectivity index (χ2v) is 10.8. The van der Waals surface area contributed by atoms with E-state index in [1.165, 1.54) is 25.7 Å². The molecule has 4 aromatic rings. The minimum absolute atomic E-state index is 0.0561. The molecule has 0 radical (unpaired) electrons. The Kier molecular flexibility index (Phi) is 7.55. The van der Waals surface area contributed by atoms with Gasteiger partial charge >= 0.3 is 11.9 Å². The number of carbonyl (C=O) groups is 2. The predicted molar refractivity (Wildman–Crippen MR) is 154 cm³/mol. The van der Waals surface area contributed by atoms with E-state index in [-0.39, 0.29) is 23.5 Å². The minimum atomic E-state index is -1.20. The SMILES string of the molecule is O=C(O)Cc1c(C(=O)O)c2cc(Oc3ccc(OC4CCCC4)cc3)ccc2n1-c1ccc(OC2CCCC2)cc1. The molecule has 41 heavy (non-hydrogen) atoms. The van der Waals surface area contributed by atoms with Crippen LogP contribution in [0.2, 0.25) is 0 Å². The van der Waals surface area contributed by atoms with E-state index in [2.05, 4.69) is 0 Å². The van der Waals surface area contributed by atoms with Crippen molar-refractivity contribution in [3.63, 3.8) is 0 Å². The van der Waals surface area contributed by atoms with Crippen LogP contribution in [-0.2, 0) is 11.2 Å². The number of aromatic carboxylic acids is 1. The van der Waals surface area contributed by atoms with E-state index in [0.717, 1.165) is 37.2 Å². The molecule has 212 valence electrons. The van der Waals surface area contributed by atoms with Crippen molar-refractivity contribution in [2.45, 2.75) is 70.0 Å². The van der Waals surface area contributed by atoms with Crippen molar-refractivity contribution >= 4 is 22.8 Å². The molecular weight excluding hydrogens is 522 g/mol. The van der Waals surface area contributed by atoms with E-state index < -0.39 is 18.4 Å². The van der Waals surface area contributed by atoms with Gasteiger partial charge in [0.15, 0.2) is 0 Å². The molecule has 8 nitrogen and oxygen atoms in total. The third-order valence-corrected chi connectivity index (χ3v) is 7.93. The van der Waals surface area contributed by atoms with Crippen LogP contribution in [0.25, 0.3) is 16.6 Å². The van der Waals surface area contributed by atoms with Gasteiger partial charge in [-0.05, 0) is 118 Å². The second-order valence-electron chi connectivity index (χ2n) is 10.8. The number of ether oxygens (including phenoxy) is 3. The Balaban J connectivity index is 1.32. The molecular formula is C33H33NO7. The van der Waals surface area contributed by atoms with Crippen molar-refractivity contribution in [3.05, 3.63) is 78.0 Å². The van der Waals surface area contributed by atoms with Crippen molar-refractivity contribution in [1.82, 2.24) is 4.57 Å². The number of rotatable bonds is 10. The first-order chi connectivity index (χ1) is 19.9. The lowest BCUT2D eigenvalue weighted by Crippen LogP contribution is -2.12. The molecule has 2 aliphatic rings. The molecule has 0 unspecified atom stereocenters. The van der Waals surface area contributed by atoms with E-state index in [1.807, 2.05) is 48.5 Å². The molecule has 0 spiro atoms. The summed E-state index contributed by atoms with van der Waals surface area (Å²) in [6.07, 6.45) is 8.98. The highest BCUT2D eigenvalue weighted by Gasteiger charge is 2.26. The lowest BCUT2D eigenvalue weighted by atomic mass is 10.1. The Bertz CT molecular complexity index is 1540. The first-order valence-corrected chi connectivity index (χ1v) is 14.3. The number of benzene rings is 3. The number of hydrogen-bond donors (Lipinski definition) is 2. The summed E-state index contributed by atoms with van der Waals surface area (Å²) >= 11 is 0. The summed E-state index contributed by atoms with van der Waals surface area (Å²) in [7, 11) is 0. The maximum Gasteiger partial charge on any atom is 0.338 e. The van der Waals surface area contributed by atoms with Gasteiger partial charge in [0.05, 0.1) is 29.7 Å². The molecule has 0 bridgehead atoms. The smallest absolute Gasteiger partial charge is 0.338 e. The third-order valence-electron chi connectivity index (χ3n) is 7.93. The quantitative estimate of drug-likeness (QED) is 0.210. The summed E-state index contributed by atoms with van der Waals surface area (Å²) in [5.41, 5.74) is 1.37. The van der Waals surface area contributed by atoms with Crippen LogP contribution in [0.5, 0.6) is 23.0 Å². The van der Waals surface area contributed by atoms with Crippen LogP contribution >= 0.6 is 0 Å².